The summed E-state index contributed by atoms with van der Waals surface area (Å²) in [6, 6.07) is 2.02. The Labute approximate surface area is 92.4 Å². The van der Waals surface area contributed by atoms with Crippen LogP contribution in [0.25, 0.3) is 0 Å². The fourth-order valence-corrected chi connectivity index (χ4v) is 2.03. The molecule has 0 bridgehead atoms. The average Bonchev–Trinajstić information content (AvgIpc) is 2.66. The smallest absolute Gasteiger partial charge is 0.129 e. The molecule has 1 atom stereocenters. The van der Waals surface area contributed by atoms with Gasteiger partial charge >= 0.3 is 0 Å². The van der Waals surface area contributed by atoms with Crippen molar-refractivity contribution in [2.45, 2.75) is 19.9 Å². The molecule has 0 fully saturated rings. The second-order valence-electron chi connectivity index (χ2n) is 3.29. The minimum atomic E-state index is 0.179. The molecule has 0 saturated heterocycles. The van der Waals surface area contributed by atoms with Crippen LogP contribution < -0.4 is 5.32 Å². The quantitative estimate of drug-likeness (QED) is 0.863. The van der Waals surface area contributed by atoms with Gasteiger partial charge in [0.25, 0.3) is 0 Å². The van der Waals surface area contributed by atoms with Crippen molar-refractivity contribution in [2.75, 3.05) is 5.32 Å². The maximum atomic E-state index is 4.42. The highest BCUT2D eigenvalue weighted by molar-refractivity contribution is 7.09. The molecule has 4 nitrogen and oxygen atoms in total. The van der Waals surface area contributed by atoms with Gasteiger partial charge in [0.05, 0.1) is 6.04 Å². The molecule has 78 valence electrons. The minimum absolute atomic E-state index is 0.179. The van der Waals surface area contributed by atoms with Crippen LogP contribution in [0.5, 0.6) is 0 Å². The highest BCUT2D eigenvalue weighted by Gasteiger charge is 2.09. The Morgan fingerprint density at radius 2 is 2.33 bits per heavy atom. The average molecular weight is 220 g/mol. The zero-order chi connectivity index (χ0) is 10.7. The van der Waals surface area contributed by atoms with Gasteiger partial charge in [-0.1, -0.05) is 0 Å². The van der Waals surface area contributed by atoms with Crippen molar-refractivity contribution < 1.29 is 0 Å². The molecule has 0 saturated carbocycles. The third kappa shape index (κ3) is 2.50. The number of aryl methyl sites for hydroxylation is 1. The number of hydrogen-bond acceptors (Lipinski definition) is 5. The van der Waals surface area contributed by atoms with E-state index in [9.17, 15) is 0 Å². The first-order valence-corrected chi connectivity index (χ1v) is 5.58. The topological polar surface area (TPSA) is 50.7 Å². The number of anilines is 1. The monoisotopic (exact) mass is 220 g/mol. The van der Waals surface area contributed by atoms with E-state index in [0.717, 1.165) is 16.5 Å². The van der Waals surface area contributed by atoms with E-state index >= 15 is 0 Å². The number of nitrogens with zero attached hydrogens (tertiary/aromatic N) is 3. The standard InChI is InChI=1S/C10H12N4S/c1-7-5-15-10(13-7)8(2)14-9-3-4-11-6-12-9/h3-6,8H,1-2H3,(H,11,12,14). The van der Waals surface area contributed by atoms with Crippen molar-refractivity contribution in [3.05, 3.63) is 34.7 Å². The number of nitrogens with one attached hydrogen (secondary N) is 1. The molecule has 0 amide bonds. The molecule has 0 aliphatic heterocycles. The summed E-state index contributed by atoms with van der Waals surface area (Å²) in [5, 5.41) is 6.39. The van der Waals surface area contributed by atoms with Gasteiger partial charge in [-0.15, -0.1) is 11.3 Å². The lowest BCUT2D eigenvalue weighted by Gasteiger charge is -2.10. The van der Waals surface area contributed by atoms with Gasteiger partial charge in [-0.3, -0.25) is 0 Å². The van der Waals surface area contributed by atoms with Crippen molar-refractivity contribution in [3.63, 3.8) is 0 Å². The van der Waals surface area contributed by atoms with E-state index in [0.29, 0.717) is 0 Å². The first-order chi connectivity index (χ1) is 7.25. The Bertz CT molecular complexity index is 426. The first kappa shape index (κ1) is 10.0. The maximum absolute atomic E-state index is 4.42. The molecule has 15 heavy (non-hydrogen) atoms. The molecule has 2 rings (SSSR count). The van der Waals surface area contributed by atoms with Gasteiger partial charge in [0, 0.05) is 17.3 Å². The Kier molecular flexibility index (Phi) is 2.91. The Hall–Kier alpha value is -1.49. The summed E-state index contributed by atoms with van der Waals surface area (Å²) in [4.78, 5) is 12.4. The molecule has 2 heterocycles. The van der Waals surface area contributed by atoms with Gasteiger partial charge in [0.2, 0.25) is 0 Å². The van der Waals surface area contributed by atoms with E-state index in [-0.39, 0.29) is 6.04 Å². The number of rotatable bonds is 3. The molecule has 0 radical (unpaired) electrons. The predicted octanol–water partition coefficient (Wildman–Crippen LogP) is 2.41. The Morgan fingerprint density at radius 3 is 2.93 bits per heavy atom. The van der Waals surface area contributed by atoms with Crippen LogP contribution in [0.2, 0.25) is 0 Å². The lowest BCUT2D eigenvalue weighted by molar-refractivity contribution is 0.853. The molecule has 0 aliphatic rings. The van der Waals surface area contributed by atoms with Crippen LogP contribution in [0.1, 0.15) is 23.7 Å². The molecule has 2 aromatic heterocycles. The fraction of sp³-hybridized carbons (Fsp3) is 0.300. The summed E-state index contributed by atoms with van der Waals surface area (Å²) in [5.74, 6) is 0.824. The highest BCUT2D eigenvalue weighted by Crippen LogP contribution is 2.20. The number of hydrogen-bond donors (Lipinski definition) is 1. The van der Waals surface area contributed by atoms with Gasteiger partial charge in [0.15, 0.2) is 0 Å². The summed E-state index contributed by atoms with van der Waals surface area (Å²) >= 11 is 1.66. The summed E-state index contributed by atoms with van der Waals surface area (Å²) in [6.45, 7) is 4.07. The molecule has 0 spiro atoms. The Morgan fingerprint density at radius 1 is 1.47 bits per heavy atom. The lowest BCUT2D eigenvalue weighted by atomic mass is 10.3. The summed E-state index contributed by atoms with van der Waals surface area (Å²) in [6.07, 6.45) is 3.25. The van der Waals surface area contributed by atoms with Crippen LogP contribution in [0.15, 0.2) is 24.0 Å². The maximum Gasteiger partial charge on any atom is 0.129 e. The minimum Gasteiger partial charge on any atom is -0.361 e. The van der Waals surface area contributed by atoms with Crippen molar-refractivity contribution in [1.82, 2.24) is 15.0 Å². The van der Waals surface area contributed by atoms with E-state index in [2.05, 4.69) is 27.2 Å². The summed E-state index contributed by atoms with van der Waals surface area (Å²) in [7, 11) is 0. The summed E-state index contributed by atoms with van der Waals surface area (Å²) < 4.78 is 0. The molecule has 0 aromatic carbocycles. The first-order valence-electron chi connectivity index (χ1n) is 4.70. The summed E-state index contributed by atoms with van der Waals surface area (Å²) in [5.41, 5.74) is 1.06. The normalized spacial score (nSPS) is 12.4. The third-order valence-corrected chi connectivity index (χ3v) is 3.10. The second kappa shape index (κ2) is 4.35. The van der Waals surface area contributed by atoms with Crippen molar-refractivity contribution in [1.29, 1.82) is 0 Å². The van der Waals surface area contributed by atoms with Crippen LogP contribution >= 0.6 is 11.3 Å². The Balaban J connectivity index is 2.07. The third-order valence-electron chi connectivity index (χ3n) is 1.95. The van der Waals surface area contributed by atoms with Crippen molar-refractivity contribution in [2.24, 2.45) is 0 Å². The molecule has 0 aliphatic carbocycles. The van der Waals surface area contributed by atoms with E-state index < -0.39 is 0 Å². The van der Waals surface area contributed by atoms with E-state index in [1.165, 1.54) is 6.33 Å². The van der Waals surface area contributed by atoms with Gasteiger partial charge in [-0.25, -0.2) is 15.0 Å². The number of aromatic nitrogens is 3. The second-order valence-corrected chi connectivity index (χ2v) is 4.18. The SMILES string of the molecule is Cc1csc(C(C)Nc2ccncn2)n1. The van der Waals surface area contributed by atoms with Crippen LogP contribution in [-0.4, -0.2) is 15.0 Å². The number of thiazole rings is 1. The highest BCUT2D eigenvalue weighted by atomic mass is 32.1. The predicted molar refractivity (Wildman–Crippen MR) is 60.9 cm³/mol. The molecular formula is C10H12N4S. The zero-order valence-electron chi connectivity index (χ0n) is 8.64. The van der Waals surface area contributed by atoms with Gasteiger partial charge in [-0.2, -0.15) is 0 Å². The van der Waals surface area contributed by atoms with Crippen LogP contribution in [0, 0.1) is 6.92 Å². The van der Waals surface area contributed by atoms with Gasteiger partial charge in [-0.05, 0) is 19.9 Å². The molecule has 2 aromatic rings. The van der Waals surface area contributed by atoms with Crippen LogP contribution in [0.3, 0.4) is 0 Å². The molecule has 1 unspecified atom stereocenters. The van der Waals surface area contributed by atoms with E-state index in [1.807, 2.05) is 18.4 Å². The van der Waals surface area contributed by atoms with Gasteiger partial charge in [0.1, 0.15) is 17.2 Å². The van der Waals surface area contributed by atoms with Crippen molar-refractivity contribution >= 4 is 17.2 Å². The van der Waals surface area contributed by atoms with Crippen LogP contribution in [0.4, 0.5) is 5.82 Å². The largest absolute Gasteiger partial charge is 0.361 e. The van der Waals surface area contributed by atoms with E-state index in [4.69, 9.17) is 0 Å². The fourth-order valence-electron chi connectivity index (χ4n) is 1.23. The molecular weight excluding hydrogens is 208 g/mol. The zero-order valence-corrected chi connectivity index (χ0v) is 9.45. The van der Waals surface area contributed by atoms with Crippen molar-refractivity contribution in [3.8, 4) is 0 Å². The van der Waals surface area contributed by atoms with E-state index in [1.54, 1.807) is 17.5 Å². The molecule has 5 heteroatoms. The lowest BCUT2D eigenvalue weighted by Crippen LogP contribution is -2.07. The van der Waals surface area contributed by atoms with Gasteiger partial charge < -0.3 is 5.32 Å². The molecule has 1 N–H and O–H groups in total. The van der Waals surface area contributed by atoms with Crippen LogP contribution in [-0.2, 0) is 0 Å².